The summed E-state index contributed by atoms with van der Waals surface area (Å²) in [7, 11) is 0. The maximum atomic E-state index is 6.03. The zero-order valence-corrected chi connectivity index (χ0v) is 12.4. The number of benzene rings is 3. The van der Waals surface area contributed by atoms with Crippen LogP contribution in [0, 0.1) is 0 Å². The van der Waals surface area contributed by atoms with Gasteiger partial charge in [0.25, 0.3) is 0 Å². The molecule has 110 valence electrons. The smallest absolute Gasteiger partial charge is 0.0627 e. The van der Waals surface area contributed by atoms with Crippen molar-refractivity contribution in [3.8, 4) is 0 Å². The Morgan fingerprint density at radius 1 is 0.409 bits per heavy atom. The maximum Gasteiger partial charge on any atom is 0.0627 e. The summed E-state index contributed by atoms with van der Waals surface area (Å²) in [6.45, 7) is 0. The Morgan fingerprint density at radius 2 is 0.636 bits per heavy atom. The van der Waals surface area contributed by atoms with E-state index in [1.807, 2.05) is 97.1 Å². The normalized spacial score (nSPS) is 10.9. The molecular weight excluding hydrogens is 268 g/mol. The van der Waals surface area contributed by atoms with Crippen molar-refractivity contribution in [1.82, 2.24) is 0 Å². The highest BCUT2D eigenvalue weighted by molar-refractivity contribution is 5.87. The summed E-state index contributed by atoms with van der Waals surface area (Å²) < 4.78 is 0. The Kier molecular flexibility index (Phi) is 5.82. The van der Waals surface area contributed by atoms with Gasteiger partial charge in [-0.3, -0.25) is 0 Å². The fraction of sp³-hybridized carbons (Fsp3) is 0. The zero-order chi connectivity index (χ0) is 15.6. The summed E-state index contributed by atoms with van der Waals surface area (Å²) in [6, 6.07) is 31.5. The summed E-state index contributed by atoms with van der Waals surface area (Å²) in [6.07, 6.45) is 0. The molecule has 0 saturated heterocycles. The van der Waals surface area contributed by atoms with E-state index in [-0.39, 0.29) is 0 Å². The molecule has 0 aliphatic rings. The quantitative estimate of drug-likeness (QED) is 0.697. The molecule has 22 heavy (non-hydrogen) atoms. The van der Waals surface area contributed by atoms with Gasteiger partial charge in [-0.1, -0.05) is 97.1 Å². The summed E-state index contributed by atoms with van der Waals surface area (Å²) >= 11 is 0. The van der Waals surface area contributed by atoms with Crippen LogP contribution < -0.4 is 11.5 Å². The molecule has 2 heteroatoms. The monoisotopic (exact) mass is 288 g/mol. The summed E-state index contributed by atoms with van der Waals surface area (Å²) in [5.74, 6) is 0. The van der Waals surface area contributed by atoms with Gasteiger partial charge in [0, 0.05) is 0 Å². The summed E-state index contributed by atoms with van der Waals surface area (Å²) in [5.41, 5.74) is 15.2. The van der Waals surface area contributed by atoms with E-state index in [0.29, 0.717) is 11.4 Å². The molecule has 0 spiro atoms. The molecule has 0 saturated carbocycles. The van der Waals surface area contributed by atoms with E-state index in [2.05, 4.69) is 0 Å². The minimum absolute atomic E-state index is 0.617. The fourth-order valence-electron chi connectivity index (χ4n) is 1.93. The molecule has 0 bridgehead atoms. The first kappa shape index (κ1) is 15.4. The first-order chi connectivity index (χ1) is 10.8. The molecule has 0 aromatic heterocycles. The van der Waals surface area contributed by atoms with Gasteiger partial charge in [-0.15, -0.1) is 0 Å². The zero-order valence-electron chi connectivity index (χ0n) is 12.4. The molecule has 0 atom stereocenters. The van der Waals surface area contributed by atoms with Crippen LogP contribution >= 0.6 is 0 Å². The number of hydrogen-bond donors (Lipinski definition) is 2. The molecule has 2 nitrogen and oxygen atoms in total. The van der Waals surface area contributed by atoms with Crippen LogP contribution in [0.5, 0.6) is 0 Å². The molecule has 3 aromatic carbocycles. The van der Waals surface area contributed by atoms with Crippen molar-refractivity contribution in [2.24, 2.45) is 11.5 Å². The van der Waals surface area contributed by atoms with Gasteiger partial charge in [0.1, 0.15) is 0 Å². The lowest BCUT2D eigenvalue weighted by molar-refractivity contribution is 1.45. The van der Waals surface area contributed by atoms with E-state index in [1.54, 1.807) is 0 Å². The van der Waals surface area contributed by atoms with Gasteiger partial charge in [0.15, 0.2) is 0 Å². The Balaban J connectivity index is 0.000000246. The molecule has 3 aromatic rings. The standard InChI is InChI=1S/C14H14N2.C6H6/c15-13(11-7-3-1-4-8-11)14(16)12-9-5-2-6-10-12;1-2-4-6-5-3-1/h1-10H,15-16H2;1-6H. The van der Waals surface area contributed by atoms with Crippen molar-refractivity contribution in [2.45, 2.75) is 0 Å². The molecule has 0 amide bonds. The number of hydrogen-bond acceptors (Lipinski definition) is 2. The molecule has 0 aliphatic carbocycles. The number of rotatable bonds is 2. The lowest BCUT2D eigenvalue weighted by Crippen LogP contribution is -2.07. The highest BCUT2D eigenvalue weighted by atomic mass is 14.7. The van der Waals surface area contributed by atoms with Gasteiger partial charge >= 0.3 is 0 Å². The van der Waals surface area contributed by atoms with E-state index in [1.165, 1.54) is 0 Å². The molecule has 0 fully saturated rings. The highest BCUT2D eigenvalue weighted by Gasteiger charge is 2.03. The topological polar surface area (TPSA) is 52.0 Å². The van der Waals surface area contributed by atoms with E-state index in [9.17, 15) is 0 Å². The van der Waals surface area contributed by atoms with Gasteiger partial charge < -0.3 is 11.5 Å². The van der Waals surface area contributed by atoms with Crippen LogP contribution in [0.1, 0.15) is 11.1 Å². The third-order valence-corrected chi connectivity index (χ3v) is 3.13. The van der Waals surface area contributed by atoms with Gasteiger partial charge in [0.2, 0.25) is 0 Å². The average molecular weight is 288 g/mol. The first-order valence-electron chi connectivity index (χ1n) is 7.15. The fourth-order valence-corrected chi connectivity index (χ4v) is 1.93. The Morgan fingerprint density at radius 3 is 0.909 bits per heavy atom. The summed E-state index contributed by atoms with van der Waals surface area (Å²) in [5, 5.41) is 0. The van der Waals surface area contributed by atoms with E-state index < -0.39 is 0 Å². The van der Waals surface area contributed by atoms with Crippen LogP contribution in [0.15, 0.2) is 97.1 Å². The molecule has 0 radical (unpaired) electrons. The lowest BCUT2D eigenvalue weighted by atomic mass is 10.1. The van der Waals surface area contributed by atoms with E-state index in [4.69, 9.17) is 11.5 Å². The highest BCUT2D eigenvalue weighted by Crippen LogP contribution is 2.17. The van der Waals surface area contributed by atoms with Gasteiger partial charge in [0.05, 0.1) is 11.4 Å². The summed E-state index contributed by atoms with van der Waals surface area (Å²) in [4.78, 5) is 0. The van der Waals surface area contributed by atoms with E-state index in [0.717, 1.165) is 11.1 Å². The van der Waals surface area contributed by atoms with Crippen molar-refractivity contribution < 1.29 is 0 Å². The van der Waals surface area contributed by atoms with Crippen molar-refractivity contribution in [1.29, 1.82) is 0 Å². The van der Waals surface area contributed by atoms with Crippen molar-refractivity contribution in [2.75, 3.05) is 0 Å². The minimum atomic E-state index is 0.617. The lowest BCUT2D eigenvalue weighted by Gasteiger charge is -2.07. The van der Waals surface area contributed by atoms with E-state index >= 15 is 0 Å². The predicted molar refractivity (Wildman–Crippen MR) is 94.5 cm³/mol. The van der Waals surface area contributed by atoms with Crippen LogP contribution in [0.4, 0.5) is 0 Å². The molecule has 0 unspecified atom stereocenters. The Labute approximate surface area is 131 Å². The van der Waals surface area contributed by atoms with Gasteiger partial charge in [-0.2, -0.15) is 0 Å². The second-order valence-electron chi connectivity index (χ2n) is 4.71. The second kappa shape index (κ2) is 8.32. The van der Waals surface area contributed by atoms with Crippen molar-refractivity contribution >= 4 is 11.4 Å². The minimum Gasteiger partial charge on any atom is -0.397 e. The predicted octanol–water partition coefficient (Wildman–Crippen LogP) is 4.12. The molecule has 4 N–H and O–H groups in total. The van der Waals surface area contributed by atoms with Crippen LogP contribution in [0.25, 0.3) is 11.4 Å². The molecule has 0 heterocycles. The Hall–Kier alpha value is -3.00. The second-order valence-corrected chi connectivity index (χ2v) is 4.71. The molecular formula is C20H20N2. The van der Waals surface area contributed by atoms with Gasteiger partial charge in [-0.25, -0.2) is 0 Å². The van der Waals surface area contributed by atoms with Crippen LogP contribution in [0.2, 0.25) is 0 Å². The van der Waals surface area contributed by atoms with Gasteiger partial charge in [-0.05, 0) is 11.1 Å². The molecule has 0 aliphatic heterocycles. The SMILES string of the molecule is NC(=C(N)c1ccccc1)c1ccccc1.c1ccccc1. The van der Waals surface area contributed by atoms with Crippen molar-refractivity contribution in [3.05, 3.63) is 108 Å². The third-order valence-electron chi connectivity index (χ3n) is 3.13. The number of nitrogens with two attached hydrogens (primary N) is 2. The van der Waals surface area contributed by atoms with Crippen LogP contribution in [-0.2, 0) is 0 Å². The largest absolute Gasteiger partial charge is 0.397 e. The van der Waals surface area contributed by atoms with Crippen LogP contribution in [0.3, 0.4) is 0 Å². The van der Waals surface area contributed by atoms with Crippen LogP contribution in [-0.4, -0.2) is 0 Å². The first-order valence-corrected chi connectivity index (χ1v) is 7.15. The van der Waals surface area contributed by atoms with Crippen molar-refractivity contribution in [3.63, 3.8) is 0 Å². The maximum absolute atomic E-state index is 6.03. The average Bonchev–Trinajstić information content (AvgIpc) is 2.64. The molecule has 3 rings (SSSR count). The third kappa shape index (κ3) is 4.53. The Bertz CT molecular complexity index is 615.